The summed E-state index contributed by atoms with van der Waals surface area (Å²) in [5, 5.41) is 10.8. The normalized spacial score (nSPS) is 9.73. The number of alkyl halides is 1. The Morgan fingerprint density at radius 2 is 2.27 bits per heavy atom. The van der Waals surface area contributed by atoms with Gasteiger partial charge in [-0.3, -0.25) is 14.9 Å². The van der Waals surface area contributed by atoms with Gasteiger partial charge >= 0.3 is 5.69 Å². The number of nitro groups is 1. The first-order valence-corrected chi connectivity index (χ1v) is 5.14. The summed E-state index contributed by atoms with van der Waals surface area (Å²) >= 11 is 2.97. The molecule has 80 valence electrons. The number of hydrogen-bond acceptors (Lipinski definition) is 4. The van der Waals surface area contributed by atoms with Crippen LogP contribution in [0, 0.1) is 10.1 Å². The maximum absolute atomic E-state index is 11.4. The van der Waals surface area contributed by atoms with Crippen molar-refractivity contribution >= 4 is 27.4 Å². The number of benzene rings is 1. The van der Waals surface area contributed by atoms with Gasteiger partial charge in [0.15, 0.2) is 11.5 Å². The molecule has 0 aromatic heterocycles. The summed E-state index contributed by atoms with van der Waals surface area (Å²) in [6.07, 6.45) is 0. The van der Waals surface area contributed by atoms with E-state index in [0.717, 1.165) is 0 Å². The fourth-order valence-electron chi connectivity index (χ4n) is 1.17. The number of carbonyl (C=O) groups is 1. The van der Waals surface area contributed by atoms with E-state index in [1.54, 1.807) is 6.07 Å². The van der Waals surface area contributed by atoms with Gasteiger partial charge in [0.2, 0.25) is 0 Å². The molecule has 0 N–H and O–H groups in total. The van der Waals surface area contributed by atoms with Gasteiger partial charge in [-0.15, -0.1) is 0 Å². The standard InChI is InChI=1S/C9H8BrNO4/c1-15-8-4-2-3-6(7(12)5-10)9(8)11(13)14/h2-4H,5H2,1H3. The van der Waals surface area contributed by atoms with Gasteiger partial charge in [0.25, 0.3) is 0 Å². The average Bonchev–Trinajstić information content (AvgIpc) is 2.26. The molecule has 0 radical (unpaired) electrons. The monoisotopic (exact) mass is 273 g/mol. The summed E-state index contributed by atoms with van der Waals surface area (Å²) < 4.78 is 4.83. The second-order valence-electron chi connectivity index (χ2n) is 2.67. The Morgan fingerprint density at radius 3 is 2.73 bits per heavy atom. The zero-order chi connectivity index (χ0) is 11.4. The quantitative estimate of drug-likeness (QED) is 0.365. The lowest BCUT2D eigenvalue weighted by Crippen LogP contribution is -2.06. The molecule has 0 unspecified atom stereocenters. The molecule has 6 heteroatoms. The van der Waals surface area contributed by atoms with Crippen LogP contribution in [0.2, 0.25) is 0 Å². The number of hydrogen-bond donors (Lipinski definition) is 0. The van der Waals surface area contributed by atoms with E-state index in [1.165, 1.54) is 19.2 Å². The number of rotatable bonds is 4. The number of nitrogens with zero attached hydrogens (tertiary/aromatic N) is 1. The van der Waals surface area contributed by atoms with Crippen LogP contribution in [0.1, 0.15) is 10.4 Å². The maximum Gasteiger partial charge on any atom is 0.321 e. The Balaban J connectivity index is 3.38. The van der Waals surface area contributed by atoms with Crippen molar-refractivity contribution in [2.45, 2.75) is 0 Å². The highest BCUT2D eigenvalue weighted by molar-refractivity contribution is 9.09. The van der Waals surface area contributed by atoms with E-state index in [4.69, 9.17) is 4.74 Å². The van der Waals surface area contributed by atoms with E-state index in [1.807, 2.05) is 0 Å². The minimum atomic E-state index is -0.616. The molecule has 1 aromatic rings. The van der Waals surface area contributed by atoms with E-state index in [2.05, 4.69) is 15.9 Å². The Morgan fingerprint density at radius 1 is 1.60 bits per heavy atom. The van der Waals surface area contributed by atoms with E-state index in [9.17, 15) is 14.9 Å². The molecule has 0 aliphatic heterocycles. The van der Waals surface area contributed by atoms with Crippen LogP contribution in [0.4, 0.5) is 5.69 Å². The zero-order valence-electron chi connectivity index (χ0n) is 7.90. The average molecular weight is 274 g/mol. The van der Waals surface area contributed by atoms with E-state index >= 15 is 0 Å². The third-order valence-corrected chi connectivity index (χ3v) is 2.33. The number of carbonyl (C=O) groups excluding carboxylic acids is 1. The van der Waals surface area contributed by atoms with Crippen LogP contribution >= 0.6 is 15.9 Å². The molecule has 15 heavy (non-hydrogen) atoms. The molecule has 0 bridgehead atoms. The Bertz CT molecular complexity index is 405. The first-order chi connectivity index (χ1) is 7.11. The maximum atomic E-state index is 11.4. The number of nitro benzene ring substituents is 1. The molecule has 0 fully saturated rings. The predicted octanol–water partition coefficient (Wildman–Crippen LogP) is 2.18. The van der Waals surface area contributed by atoms with Crippen molar-refractivity contribution in [3.05, 3.63) is 33.9 Å². The van der Waals surface area contributed by atoms with Gasteiger partial charge < -0.3 is 4.74 Å². The van der Waals surface area contributed by atoms with Gasteiger partial charge in [-0.1, -0.05) is 22.0 Å². The molecule has 1 aromatic carbocycles. The summed E-state index contributed by atoms with van der Waals surface area (Å²) in [6.45, 7) is 0. The minimum Gasteiger partial charge on any atom is -0.490 e. The molecule has 0 amide bonds. The van der Waals surface area contributed by atoms with Crippen LogP contribution < -0.4 is 4.74 Å². The second-order valence-corrected chi connectivity index (χ2v) is 3.23. The molecule has 0 saturated heterocycles. The highest BCUT2D eigenvalue weighted by Gasteiger charge is 2.24. The van der Waals surface area contributed by atoms with Crippen LogP contribution in [-0.4, -0.2) is 23.1 Å². The lowest BCUT2D eigenvalue weighted by Gasteiger charge is -2.04. The largest absolute Gasteiger partial charge is 0.490 e. The lowest BCUT2D eigenvalue weighted by atomic mass is 10.1. The van der Waals surface area contributed by atoms with Crippen molar-refractivity contribution in [2.75, 3.05) is 12.4 Å². The van der Waals surface area contributed by atoms with E-state index < -0.39 is 4.92 Å². The van der Waals surface area contributed by atoms with Gasteiger partial charge in [0, 0.05) is 0 Å². The molecule has 0 aliphatic carbocycles. The Labute approximate surface area is 94.3 Å². The van der Waals surface area contributed by atoms with Crippen molar-refractivity contribution in [3.63, 3.8) is 0 Å². The Hall–Kier alpha value is -1.43. The highest BCUT2D eigenvalue weighted by Crippen LogP contribution is 2.30. The smallest absolute Gasteiger partial charge is 0.321 e. The molecular weight excluding hydrogens is 266 g/mol. The summed E-state index contributed by atoms with van der Waals surface area (Å²) in [5.41, 5.74) is -0.235. The molecule has 1 rings (SSSR count). The van der Waals surface area contributed by atoms with Gasteiger partial charge in [0.1, 0.15) is 5.56 Å². The van der Waals surface area contributed by atoms with Crippen LogP contribution in [0.3, 0.4) is 0 Å². The van der Waals surface area contributed by atoms with Gasteiger partial charge in [-0.05, 0) is 12.1 Å². The molecule has 0 aliphatic rings. The third-order valence-electron chi connectivity index (χ3n) is 1.82. The first kappa shape index (κ1) is 11.6. The molecule has 0 saturated carbocycles. The molecule has 5 nitrogen and oxygen atoms in total. The number of Topliss-reactive ketones (excluding diaryl/α,β-unsaturated/α-hetero) is 1. The van der Waals surface area contributed by atoms with Crippen molar-refractivity contribution in [1.29, 1.82) is 0 Å². The van der Waals surface area contributed by atoms with E-state index in [-0.39, 0.29) is 28.1 Å². The zero-order valence-corrected chi connectivity index (χ0v) is 9.48. The minimum absolute atomic E-state index is 0.0427. The Kier molecular flexibility index (Phi) is 3.79. The lowest BCUT2D eigenvalue weighted by molar-refractivity contribution is -0.386. The molecule has 0 heterocycles. The van der Waals surface area contributed by atoms with Crippen LogP contribution in [0.15, 0.2) is 18.2 Å². The fraction of sp³-hybridized carbons (Fsp3) is 0.222. The fourth-order valence-corrected chi connectivity index (χ4v) is 1.47. The van der Waals surface area contributed by atoms with Gasteiger partial charge in [0.05, 0.1) is 17.4 Å². The second kappa shape index (κ2) is 4.88. The van der Waals surface area contributed by atoms with Crippen LogP contribution in [0.25, 0.3) is 0 Å². The van der Waals surface area contributed by atoms with E-state index in [0.29, 0.717) is 0 Å². The van der Waals surface area contributed by atoms with Crippen molar-refractivity contribution < 1.29 is 14.5 Å². The number of ether oxygens (including phenoxy) is 1. The van der Waals surface area contributed by atoms with Crippen LogP contribution in [0.5, 0.6) is 5.75 Å². The predicted molar refractivity (Wildman–Crippen MR) is 57.8 cm³/mol. The third kappa shape index (κ3) is 2.33. The van der Waals surface area contributed by atoms with Gasteiger partial charge in [-0.2, -0.15) is 0 Å². The van der Waals surface area contributed by atoms with Crippen molar-refractivity contribution in [1.82, 2.24) is 0 Å². The van der Waals surface area contributed by atoms with Gasteiger partial charge in [-0.25, -0.2) is 0 Å². The summed E-state index contributed by atoms with van der Waals surface area (Å²) in [6, 6.07) is 4.40. The highest BCUT2D eigenvalue weighted by atomic mass is 79.9. The topological polar surface area (TPSA) is 69.4 Å². The molecular formula is C9H8BrNO4. The van der Waals surface area contributed by atoms with Crippen LogP contribution in [-0.2, 0) is 0 Å². The van der Waals surface area contributed by atoms with Crippen molar-refractivity contribution in [3.8, 4) is 5.75 Å². The summed E-state index contributed by atoms with van der Waals surface area (Å²) in [4.78, 5) is 21.6. The SMILES string of the molecule is COc1cccc(C(=O)CBr)c1[N+](=O)[O-]. The molecule has 0 spiro atoms. The number of ketones is 1. The first-order valence-electron chi connectivity index (χ1n) is 4.02. The number of para-hydroxylation sites is 1. The van der Waals surface area contributed by atoms with Crippen molar-refractivity contribution in [2.24, 2.45) is 0 Å². The summed E-state index contributed by atoms with van der Waals surface area (Å²) in [5.74, 6) is -0.257. The number of methoxy groups -OCH3 is 1. The molecule has 0 atom stereocenters. The summed E-state index contributed by atoms with van der Waals surface area (Å²) in [7, 11) is 1.32. The number of halogens is 1.